The zero-order valence-corrected chi connectivity index (χ0v) is 9.07. The van der Waals surface area contributed by atoms with Crippen molar-refractivity contribution < 1.29 is 9.84 Å². The Labute approximate surface area is 86.7 Å². The number of hydrogen-bond acceptors (Lipinski definition) is 2. The molecule has 1 aromatic rings. The molecule has 2 nitrogen and oxygen atoms in total. The second-order valence-corrected chi connectivity index (χ2v) is 3.94. The molecule has 0 unspecified atom stereocenters. The van der Waals surface area contributed by atoms with E-state index in [1.165, 1.54) is 0 Å². The lowest BCUT2D eigenvalue weighted by Gasteiger charge is -2.19. The van der Waals surface area contributed by atoms with E-state index in [9.17, 15) is 0 Å². The minimum absolute atomic E-state index is 0.0556. The summed E-state index contributed by atoms with van der Waals surface area (Å²) < 4.78 is 5.28. The van der Waals surface area contributed by atoms with Crippen molar-refractivity contribution in [3.63, 3.8) is 0 Å². The molecule has 0 saturated heterocycles. The highest BCUT2D eigenvalue weighted by Crippen LogP contribution is 2.24. The molecule has 1 aromatic carbocycles. The van der Waals surface area contributed by atoms with E-state index in [0.29, 0.717) is 0 Å². The molecule has 1 rings (SSSR count). The zero-order valence-electron chi connectivity index (χ0n) is 7.48. The van der Waals surface area contributed by atoms with Crippen LogP contribution in [-0.2, 0) is 4.74 Å². The van der Waals surface area contributed by atoms with Crippen LogP contribution in [-0.4, -0.2) is 23.7 Å². The van der Waals surface area contributed by atoms with Crippen molar-refractivity contribution in [2.24, 2.45) is 0 Å². The highest BCUT2D eigenvalue weighted by Gasteiger charge is 2.18. The summed E-state index contributed by atoms with van der Waals surface area (Å²) >= 11 is 3.37. The van der Waals surface area contributed by atoms with Crippen LogP contribution in [0.15, 0.2) is 30.3 Å². The van der Waals surface area contributed by atoms with Gasteiger partial charge in [0.15, 0.2) is 0 Å². The molecule has 0 aliphatic heterocycles. The van der Waals surface area contributed by atoms with Crippen molar-refractivity contribution in [3.05, 3.63) is 35.9 Å². The van der Waals surface area contributed by atoms with Gasteiger partial charge in [0, 0.05) is 7.11 Å². The van der Waals surface area contributed by atoms with E-state index in [2.05, 4.69) is 15.9 Å². The highest BCUT2D eigenvalue weighted by atomic mass is 79.9. The normalized spacial score (nSPS) is 15.3. The van der Waals surface area contributed by atoms with Gasteiger partial charge in [0.05, 0.1) is 17.5 Å². The Morgan fingerprint density at radius 3 is 2.46 bits per heavy atom. The Kier molecular flexibility index (Phi) is 4.42. The first kappa shape index (κ1) is 10.7. The fourth-order valence-corrected chi connectivity index (χ4v) is 1.75. The molecule has 0 heterocycles. The minimum Gasteiger partial charge on any atom is -0.395 e. The number of aliphatic hydroxyl groups excluding tert-OH is 1. The highest BCUT2D eigenvalue weighted by molar-refractivity contribution is 9.09. The molecular formula is C10H13BrO2. The lowest BCUT2D eigenvalue weighted by atomic mass is 10.1. The number of hydrogen-bond donors (Lipinski definition) is 1. The van der Waals surface area contributed by atoms with E-state index in [1.54, 1.807) is 7.11 Å². The molecule has 2 atom stereocenters. The number of rotatable bonds is 4. The summed E-state index contributed by atoms with van der Waals surface area (Å²) in [7, 11) is 1.64. The largest absolute Gasteiger partial charge is 0.395 e. The molecule has 0 saturated carbocycles. The quantitative estimate of drug-likeness (QED) is 0.823. The summed E-state index contributed by atoms with van der Waals surface area (Å²) in [5.41, 5.74) is 1.07. The lowest BCUT2D eigenvalue weighted by molar-refractivity contribution is 0.0854. The van der Waals surface area contributed by atoms with Gasteiger partial charge in [0.1, 0.15) is 0 Å². The topological polar surface area (TPSA) is 29.5 Å². The molecule has 0 amide bonds. The van der Waals surface area contributed by atoms with Gasteiger partial charge in [-0.3, -0.25) is 0 Å². The number of ether oxygens (including phenoxy) is 1. The van der Waals surface area contributed by atoms with Crippen LogP contribution in [0.25, 0.3) is 0 Å². The van der Waals surface area contributed by atoms with Crippen LogP contribution < -0.4 is 0 Å². The number of halogens is 1. The van der Waals surface area contributed by atoms with Crippen LogP contribution in [0, 0.1) is 0 Å². The second kappa shape index (κ2) is 5.37. The van der Waals surface area contributed by atoms with E-state index >= 15 is 0 Å². The van der Waals surface area contributed by atoms with Crippen molar-refractivity contribution in [2.75, 3.05) is 13.7 Å². The van der Waals surface area contributed by atoms with Crippen LogP contribution in [0.4, 0.5) is 0 Å². The average Bonchev–Trinajstić information content (AvgIpc) is 2.20. The van der Waals surface area contributed by atoms with Crippen molar-refractivity contribution in [3.8, 4) is 0 Å². The van der Waals surface area contributed by atoms with Crippen molar-refractivity contribution in [1.82, 2.24) is 0 Å². The SMILES string of the molecule is CO[C@@H](c1ccccc1)[C@H](Br)CO. The molecule has 0 spiro atoms. The van der Waals surface area contributed by atoms with Crippen molar-refractivity contribution >= 4 is 15.9 Å². The monoisotopic (exact) mass is 244 g/mol. The Morgan fingerprint density at radius 2 is 2.00 bits per heavy atom. The van der Waals surface area contributed by atoms with E-state index in [4.69, 9.17) is 9.84 Å². The Morgan fingerprint density at radius 1 is 1.38 bits per heavy atom. The number of methoxy groups -OCH3 is 1. The van der Waals surface area contributed by atoms with Gasteiger partial charge in [-0.25, -0.2) is 0 Å². The standard InChI is InChI=1S/C10H13BrO2/c1-13-10(9(11)7-12)8-5-3-2-4-6-8/h2-6,9-10,12H,7H2,1H3/t9-,10+/m1/s1. The third-order valence-electron chi connectivity index (χ3n) is 1.88. The first-order valence-electron chi connectivity index (χ1n) is 4.12. The van der Waals surface area contributed by atoms with Crippen molar-refractivity contribution in [1.29, 1.82) is 0 Å². The summed E-state index contributed by atoms with van der Waals surface area (Å²) in [5.74, 6) is 0. The summed E-state index contributed by atoms with van der Waals surface area (Å²) in [4.78, 5) is -0.0556. The van der Waals surface area contributed by atoms with Crippen LogP contribution >= 0.6 is 15.9 Å². The van der Waals surface area contributed by atoms with E-state index in [-0.39, 0.29) is 17.5 Å². The van der Waals surface area contributed by atoms with Gasteiger partial charge in [0.25, 0.3) is 0 Å². The summed E-state index contributed by atoms with van der Waals surface area (Å²) in [6, 6.07) is 9.84. The molecule has 1 N–H and O–H groups in total. The van der Waals surface area contributed by atoms with Gasteiger partial charge in [-0.1, -0.05) is 46.3 Å². The maximum absolute atomic E-state index is 8.97. The average molecular weight is 245 g/mol. The third kappa shape index (κ3) is 2.79. The van der Waals surface area contributed by atoms with Crippen molar-refractivity contribution in [2.45, 2.75) is 10.9 Å². The molecule has 0 bridgehead atoms. The second-order valence-electron chi connectivity index (χ2n) is 2.77. The molecule has 0 aliphatic rings. The van der Waals surface area contributed by atoms with E-state index < -0.39 is 0 Å². The molecule has 72 valence electrons. The van der Waals surface area contributed by atoms with Crippen LogP contribution in [0.3, 0.4) is 0 Å². The zero-order chi connectivity index (χ0) is 9.68. The van der Waals surface area contributed by atoms with Gasteiger partial charge in [-0.05, 0) is 5.56 Å². The number of alkyl halides is 1. The molecular weight excluding hydrogens is 232 g/mol. The van der Waals surface area contributed by atoms with Gasteiger partial charge >= 0.3 is 0 Å². The van der Waals surface area contributed by atoms with E-state index in [1.807, 2.05) is 30.3 Å². The minimum atomic E-state index is -0.0915. The Balaban J connectivity index is 2.78. The molecule has 3 heteroatoms. The molecule has 13 heavy (non-hydrogen) atoms. The first-order chi connectivity index (χ1) is 6.29. The first-order valence-corrected chi connectivity index (χ1v) is 5.04. The van der Waals surface area contributed by atoms with Gasteiger partial charge in [0.2, 0.25) is 0 Å². The molecule has 0 radical (unpaired) electrons. The van der Waals surface area contributed by atoms with E-state index in [0.717, 1.165) is 5.56 Å². The fourth-order valence-electron chi connectivity index (χ4n) is 1.23. The van der Waals surface area contributed by atoms with Crippen LogP contribution in [0.5, 0.6) is 0 Å². The molecule has 0 aliphatic carbocycles. The fraction of sp³-hybridized carbons (Fsp3) is 0.400. The van der Waals surface area contributed by atoms with Crippen LogP contribution in [0.2, 0.25) is 0 Å². The summed E-state index contributed by atoms with van der Waals surface area (Å²) in [6.07, 6.45) is -0.0915. The van der Waals surface area contributed by atoms with Gasteiger partial charge < -0.3 is 9.84 Å². The lowest BCUT2D eigenvalue weighted by Crippen LogP contribution is -2.17. The van der Waals surface area contributed by atoms with Gasteiger partial charge in [-0.15, -0.1) is 0 Å². The number of aliphatic hydroxyl groups is 1. The summed E-state index contributed by atoms with van der Waals surface area (Å²) in [5, 5.41) is 8.97. The molecule has 0 aromatic heterocycles. The Bertz CT molecular complexity index is 238. The smallest absolute Gasteiger partial charge is 0.0968 e. The van der Waals surface area contributed by atoms with Crippen LogP contribution in [0.1, 0.15) is 11.7 Å². The Hall–Kier alpha value is -0.380. The maximum atomic E-state index is 8.97. The maximum Gasteiger partial charge on any atom is 0.0968 e. The third-order valence-corrected chi connectivity index (χ3v) is 2.65. The summed E-state index contributed by atoms with van der Waals surface area (Å²) in [6.45, 7) is 0.0629. The predicted molar refractivity (Wildman–Crippen MR) is 56.0 cm³/mol. The van der Waals surface area contributed by atoms with Gasteiger partial charge in [-0.2, -0.15) is 0 Å². The molecule has 0 fully saturated rings. The number of benzene rings is 1. The predicted octanol–water partition coefficient (Wildman–Crippen LogP) is 2.13.